The lowest BCUT2D eigenvalue weighted by Gasteiger charge is -2.08. The molecule has 0 spiro atoms. The van der Waals surface area contributed by atoms with E-state index in [1.165, 1.54) is 0 Å². The van der Waals surface area contributed by atoms with Crippen LogP contribution in [0.1, 0.15) is 5.56 Å². The number of nitrogens with zero attached hydrogens (tertiary/aromatic N) is 1. The van der Waals surface area contributed by atoms with Crippen LogP contribution in [0.25, 0.3) is 11.3 Å². The highest BCUT2D eigenvalue weighted by atomic mass is 35.5. The van der Waals surface area contributed by atoms with Gasteiger partial charge in [-0.25, -0.2) is 4.79 Å². The lowest BCUT2D eigenvalue weighted by atomic mass is 10.1. The van der Waals surface area contributed by atoms with Gasteiger partial charge in [0.05, 0.1) is 5.69 Å². The summed E-state index contributed by atoms with van der Waals surface area (Å²) in [5, 5.41) is 11.1. The molecule has 1 amide bonds. The number of carbonyl (C=O) groups is 1. The summed E-state index contributed by atoms with van der Waals surface area (Å²) in [7, 11) is 0. The van der Waals surface area contributed by atoms with Crippen LogP contribution in [-0.4, -0.2) is 16.3 Å². The molecule has 0 unspecified atom stereocenters. The SMILES string of the molecule is Cc1cc(OC(N)=O)ccc1Nc1cc(-c2ccc(Cl)cc2)[nH]n1. The van der Waals surface area contributed by atoms with Crippen molar-refractivity contribution in [3.8, 4) is 17.0 Å². The van der Waals surface area contributed by atoms with E-state index in [1.807, 2.05) is 37.3 Å². The molecule has 0 fully saturated rings. The molecule has 3 aromatic rings. The first kappa shape index (κ1) is 15.9. The van der Waals surface area contributed by atoms with Crippen LogP contribution in [0, 0.1) is 6.92 Å². The third-order valence-electron chi connectivity index (χ3n) is 3.41. The summed E-state index contributed by atoms with van der Waals surface area (Å²) in [4.78, 5) is 10.8. The molecule has 0 saturated heterocycles. The van der Waals surface area contributed by atoms with E-state index in [9.17, 15) is 4.79 Å². The largest absolute Gasteiger partial charge is 0.410 e. The Morgan fingerprint density at radius 3 is 2.62 bits per heavy atom. The Labute approximate surface area is 143 Å². The second kappa shape index (κ2) is 6.64. The number of aromatic nitrogens is 2. The Balaban J connectivity index is 1.77. The summed E-state index contributed by atoms with van der Waals surface area (Å²) >= 11 is 5.90. The third-order valence-corrected chi connectivity index (χ3v) is 3.66. The van der Waals surface area contributed by atoms with Gasteiger partial charge in [-0.15, -0.1) is 0 Å². The van der Waals surface area contributed by atoms with Crippen LogP contribution in [0.3, 0.4) is 0 Å². The highest BCUT2D eigenvalue weighted by Gasteiger charge is 2.07. The van der Waals surface area contributed by atoms with Crippen molar-refractivity contribution in [2.45, 2.75) is 6.92 Å². The topological polar surface area (TPSA) is 93.0 Å². The lowest BCUT2D eigenvalue weighted by Crippen LogP contribution is -2.16. The van der Waals surface area contributed by atoms with Gasteiger partial charge in [-0.05, 0) is 48.4 Å². The number of amides is 1. The number of carbonyl (C=O) groups excluding carboxylic acids is 1. The molecule has 1 heterocycles. The van der Waals surface area contributed by atoms with Crippen LogP contribution < -0.4 is 15.8 Å². The van der Waals surface area contributed by atoms with Crippen LogP contribution in [0.15, 0.2) is 48.5 Å². The Morgan fingerprint density at radius 2 is 1.96 bits per heavy atom. The molecule has 4 N–H and O–H groups in total. The van der Waals surface area contributed by atoms with Gasteiger partial charge in [-0.1, -0.05) is 23.7 Å². The molecular weight excluding hydrogens is 328 g/mol. The normalized spacial score (nSPS) is 10.4. The Bertz CT molecular complexity index is 875. The smallest absolute Gasteiger partial charge is 0.409 e. The summed E-state index contributed by atoms with van der Waals surface area (Å²) < 4.78 is 4.85. The molecule has 0 aliphatic carbocycles. The van der Waals surface area contributed by atoms with Crippen molar-refractivity contribution < 1.29 is 9.53 Å². The van der Waals surface area contributed by atoms with Gasteiger partial charge in [-0.2, -0.15) is 5.10 Å². The zero-order valence-electron chi connectivity index (χ0n) is 12.8. The molecule has 0 atom stereocenters. The molecule has 7 heteroatoms. The predicted octanol–water partition coefficient (Wildman–Crippen LogP) is 4.24. The quantitative estimate of drug-likeness (QED) is 0.661. The second-order valence-corrected chi connectivity index (χ2v) is 5.63. The number of halogens is 1. The number of nitrogens with two attached hydrogens (primary N) is 1. The molecule has 1 aromatic heterocycles. The lowest BCUT2D eigenvalue weighted by molar-refractivity contribution is 0.211. The van der Waals surface area contributed by atoms with Crippen LogP contribution >= 0.6 is 11.6 Å². The van der Waals surface area contributed by atoms with Crippen molar-refractivity contribution in [1.29, 1.82) is 0 Å². The zero-order chi connectivity index (χ0) is 17.1. The summed E-state index contributed by atoms with van der Waals surface area (Å²) in [5.74, 6) is 1.07. The van der Waals surface area contributed by atoms with E-state index in [-0.39, 0.29) is 0 Å². The van der Waals surface area contributed by atoms with Gasteiger partial charge in [0.1, 0.15) is 5.75 Å². The number of anilines is 2. The van der Waals surface area contributed by atoms with Gasteiger partial charge in [0.2, 0.25) is 0 Å². The summed E-state index contributed by atoms with van der Waals surface area (Å²) in [6, 6.07) is 14.6. The van der Waals surface area contributed by atoms with Crippen molar-refractivity contribution in [2.75, 3.05) is 5.32 Å². The van der Waals surface area contributed by atoms with Gasteiger partial charge in [-0.3, -0.25) is 5.10 Å². The fourth-order valence-electron chi connectivity index (χ4n) is 2.26. The van der Waals surface area contributed by atoms with Gasteiger partial charge >= 0.3 is 6.09 Å². The maximum Gasteiger partial charge on any atom is 0.409 e. The number of benzene rings is 2. The minimum atomic E-state index is -0.838. The maximum atomic E-state index is 10.8. The van der Waals surface area contributed by atoms with E-state index >= 15 is 0 Å². The van der Waals surface area contributed by atoms with E-state index in [0.29, 0.717) is 16.6 Å². The number of primary amides is 1. The first-order valence-electron chi connectivity index (χ1n) is 7.17. The van der Waals surface area contributed by atoms with Crippen LogP contribution in [-0.2, 0) is 0 Å². The number of aromatic amines is 1. The average molecular weight is 343 g/mol. The maximum absolute atomic E-state index is 10.8. The standard InChI is InChI=1S/C17H15ClN4O2/c1-10-8-13(24-17(19)23)6-7-14(10)20-16-9-15(21-22-16)11-2-4-12(18)5-3-11/h2-9H,1H3,(H2,19,23)(H2,20,21,22). The van der Waals surface area contributed by atoms with Gasteiger partial charge in [0.15, 0.2) is 5.82 Å². The molecule has 24 heavy (non-hydrogen) atoms. The van der Waals surface area contributed by atoms with E-state index in [4.69, 9.17) is 22.1 Å². The molecule has 122 valence electrons. The molecule has 3 rings (SSSR count). The summed E-state index contributed by atoms with van der Waals surface area (Å²) in [6.45, 7) is 1.89. The predicted molar refractivity (Wildman–Crippen MR) is 93.7 cm³/mol. The highest BCUT2D eigenvalue weighted by molar-refractivity contribution is 6.30. The Kier molecular flexibility index (Phi) is 4.39. The molecule has 0 bridgehead atoms. The van der Waals surface area contributed by atoms with Crippen LogP contribution in [0.5, 0.6) is 5.75 Å². The monoisotopic (exact) mass is 342 g/mol. The summed E-state index contributed by atoms with van der Waals surface area (Å²) in [6.07, 6.45) is -0.838. The van der Waals surface area contributed by atoms with Crippen molar-refractivity contribution in [1.82, 2.24) is 10.2 Å². The van der Waals surface area contributed by atoms with Gasteiger partial charge in [0.25, 0.3) is 0 Å². The first-order chi connectivity index (χ1) is 11.5. The first-order valence-corrected chi connectivity index (χ1v) is 7.55. The zero-order valence-corrected chi connectivity index (χ0v) is 13.6. The number of nitrogens with one attached hydrogen (secondary N) is 2. The van der Waals surface area contributed by atoms with E-state index < -0.39 is 6.09 Å². The second-order valence-electron chi connectivity index (χ2n) is 5.20. The van der Waals surface area contributed by atoms with E-state index in [0.717, 1.165) is 22.5 Å². The molecule has 0 aliphatic heterocycles. The molecule has 6 nitrogen and oxygen atoms in total. The minimum Gasteiger partial charge on any atom is -0.410 e. The molecular formula is C17H15ClN4O2. The van der Waals surface area contributed by atoms with Crippen molar-refractivity contribution in [3.05, 3.63) is 59.1 Å². The minimum absolute atomic E-state index is 0.398. The molecule has 2 aromatic carbocycles. The third kappa shape index (κ3) is 3.67. The average Bonchev–Trinajstić information content (AvgIpc) is 2.99. The van der Waals surface area contributed by atoms with Crippen molar-refractivity contribution in [2.24, 2.45) is 5.73 Å². The fraction of sp³-hybridized carbons (Fsp3) is 0.0588. The van der Waals surface area contributed by atoms with Crippen LogP contribution in [0.4, 0.5) is 16.3 Å². The summed E-state index contributed by atoms with van der Waals surface area (Å²) in [5.41, 5.74) is 8.61. The van der Waals surface area contributed by atoms with Crippen molar-refractivity contribution in [3.63, 3.8) is 0 Å². The number of aryl methyl sites for hydroxylation is 1. The number of rotatable bonds is 4. The van der Waals surface area contributed by atoms with E-state index in [1.54, 1.807) is 18.2 Å². The Hall–Kier alpha value is -2.99. The van der Waals surface area contributed by atoms with Crippen molar-refractivity contribution >= 4 is 29.2 Å². The van der Waals surface area contributed by atoms with E-state index in [2.05, 4.69) is 15.5 Å². The number of hydrogen-bond acceptors (Lipinski definition) is 4. The van der Waals surface area contributed by atoms with Crippen LogP contribution in [0.2, 0.25) is 5.02 Å². The highest BCUT2D eigenvalue weighted by Crippen LogP contribution is 2.26. The fourth-order valence-corrected chi connectivity index (χ4v) is 2.38. The molecule has 0 aliphatic rings. The number of H-pyrrole nitrogens is 1. The Morgan fingerprint density at radius 1 is 1.21 bits per heavy atom. The number of hydrogen-bond donors (Lipinski definition) is 3. The molecule has 0 radical (unpaired) electrons. The van der Waals surface area contributed by atoms with Gasteiger partial charge < -0.3 is 15.8 Å². The molecule has 0 saturated carbocycles. The number of ether oxygens (including phenoxy) is 1. The van der Waals surface area contributed by atoms with Gasteiger partial charge in [0, 0.05) is 16.8 Å².